The number of hydrogen-bond acceptors (Lipinski definition) is 3. The van der Waals surface area contributed by atoms with E-state index in [1.807, 2.05) is 49.4 Å². The highest BCUT2D eigenvalue weighted by atomic mass is 16.2. The predicted molar refractivity (Wildman–Crippen MR) is 99.7 cm³/mol. The number of nitrogens with one attached hydrogen (secondary N) is 1. The Balaban J connectivity index is 1.47. The summed E-state index contributed by atoms with van der Waals surface area (Å²) >= 11 is 0. The topological polar surface area (TPSA) is 52.7 Å². The number of nitrogens with zero attached hydrogens (tertiary/aromatic N) is 2. The third kappa shape index (κ3) is 4.59. The fourth-order valence-electron chi connectivity index (χ4n) is 2.94. The maximum Gasteiger partial charge on any atom is 0.233 e. The number of benzene rings is 2. The van der Waals surface area contributed by atoms with E-state index in [-0.39, 0.29) is 18.2 Å². The Morgan fingerprint density at radius 1 is 0.920 bits per heavy atom. The molecular formula is C20H23N3O2. The minimum Gasteiger partial charge on any atom is -0.368 e. The van der Waals surface area contributed by atoms with Gasteiger partial charge in [-0.15, -0.1) is 0 Å². The summed E-state index contributed by atoms with van der Waals surface area (Å²) in [4.78, 5) is 28.4. The molecule has 0 unspecified atom stereocenters. The van der Waals surface area contributed by atoms with E-state index in [9.17, 15) is 9.59 Å². The number of rotatable bonds is 4. The molecule has 1 fully saturated rings. The molecule has 5 nitrogen and oxygen atoms in total. The van der Waals surface area contributed by atoms with Gasteiger partial charge in [-0.05, 0) is 31.2 Å². The second kappa shape index (κ2) is 7.83. The average molecular weight is 337 g/mol. The van der Waals surface area contributed by atoms with Crippen molar-refractivity contribution in [2.24, 2.45) is 0 Å². The second-order valence-electron chi connectivity index (χ2n) is 6.29. The first-order valence-corrected chi connectivity index (χ1v) is 8.56. The summed E-state index contributed by atoms with van der Waals surface area (Å²) in [5.74, 6) is -0.378. The van der Waals surface area contributed by atoms with Crippen molar-refractivity contribution in [1.82, 2.24) is 4.90 Å². The Bertz CT molecular complexity index is 720. The van der Waals surface area contributed by atoms with Crippen molar-refractivity contribution >= 4 is 23.2 Å². The van der Waals surface area contributed by atoms with Gasteiger partial charge in [0.1, 0.15) is 6.42 Å². The van der Waals surface area contributed by atoms with Crippen LogP contribution in [0.3, 0.4) is 0 Å². The number of anilines is 2. The third-order valence-electron chi connectivity index (χ3n) is 4.40. The minimum atomic E-state index is -0.264. The van der Waals surface area contributed by atoms with Crippen LogP contribution in [0.2, 0.25) is 0 Å². The highest BCUT2D eigenvalue weighted by Crippen LogP contribution is 2.16. The number of hydrogen-bond donors (Lipinski definition) is 1. The smallest absolute Gasteiger partial charge is 0.233 e. The monoisotopic (exact) mass is 337 g/mol. The standard InChI is InChI=1S/C20H23N3O2/c1-16-7-9-17(10-8-16)21-19(24)15-20(25)23-13-11-22(12-14-23)18-5-3-2-4-6-18/h2-10H,11-15H2,1H3,(H,21,24). The molecule has 25 heavy (non-hydrogen) atoms. The van der Waals surface area contributed by atoms with Crippen LogP contribution in [0, 0.1) is 6.92 Å². The maximum absolute atomic E-state index is 12.3. The van der Waals surface area contributed by atoms with E-state index >= 15 is 0 Å². The Morgan fingerprint density at radius 2 is 1.56 bits per heavy atom. The first kappa shape index (κ1) is 17.0. The van der Waals surface area contributed by atoms with E-state index in [1.54, 1.807) is 4.90 Å². The predicted octanol–water partition coefficient (Wildman–Crippen LogP) is 2.67. The summed E-state index contributed by atoms with van der Waals surface area (Å²) in [5.41, 5.74) is 3.02. The molecule has 2 amide bonds. The van der Waals surface area contributed by atoms with E-state index in [2.05, 4.69) is 22.3 Å². The minimum absolute atomic E-state index is 0.112. The molecule has 3 rings (SSSR count). The summed E-state index contributed by atoms with van der Waals surface area (Å²) in [7, 11) is 0. The van der Waals surface area contributed by atoms with Gasteiger partial charge in [0.25, 0.3) is 0 Å². The number of para-hydroxylation sites is 1. The summed E-state index contributed by atoms with van der Waals surface area (Å²) in [6, 6.07) is 17.7. The Labute approximate surface area is 148 Å². The molecule has 0 atom stereocenters. The zero-order valence-corrected chi connectivity index (χ0v) is 14.4. The molecule has 1 heterocycles. The van der Waals surface area contributed by atoms with Crippen LogP contribution in [0.4, 0.5) is 11.4 Å². The lowest BCUT2D eigenvalue weighted by molar-refractivity contribution is -0.134. The normalized spacial score (nSPS) is 14.3. The van der Waals surface area contributed by atoms with E-state index in [0.29, 0.717) is 13.1 Å². The first-order valence-electron chi connectivity index (χ1n) is 8.56. The summed E-state index contributed by atoms with van der Waals surface area (Å²) in [6.45, 7) is 4.85. The second-order valence-corrected chi connectivity index (χ2v) is 6.29. The van der Waals surface area contributed by atoms with E-state index in [0.717, 1.165) is 24.3 Å². The summed E-state index contributed by atoms with van der Waals surface area (Å²) < 4.78 is 0. The number of amides is 2. The van der Waals surface area contributed by atoms with Crippen LogP contribution in [0.15, 0.2) is 54.6 Å². The van der Waals surface area contributed by atoms with Crippen molar-refractivity contribution in [3.05, 3.63) is 60.2 Å². The molecule has 0 saturated carbocycles. The van der Waals surface area contributed by atoms with Crippen LogP contribution in [0.25, 0.3) is 0 Å². The molecule has 1 aliphatic rings. The third-order valence-corrected chi connectivity index (χ3v) is 4.40. The van der Waals surface area contributed by atoms with Crippen LogP contribution in [0.5, 0.6) is 0 Å². The van der Waals surface area contributed by atoms with Gasteiger partial charge in [0.05, 0.1) is 0 Å². The molecule has 2 aromatic rings. The molecule has 0 radical (unpaired) electrons. The molecule has 0 aromatic heterocycles. The van der Waals surface area contributed by atoms with Gasteiger partial charge in [-0.2, -0.15) is 0 Å². The van der Waals surface area contributed by atoms with Crippen LogP contribution in [-0.4, -0.2) is 42.9 Å². The van der Waals surface area contributed by atoms with E-state index in [4.69, 9.17) is 0 Å². The molecule has 0 aliphatic carbocycles. The lowest BCUT2D eigenvalue weighted by Crippen LogP contribution is -2.49. The first-order chi connectivity index (χ1) is 12.1. The van der Waals surface area contributed by atoms with Crippen molar-refractivity contribution in [2.75, 3.05) is 36.4 Å². The molecule has 0 bridgehead atoms. The number of carbonyl (C=O) groups is 2. The zero-order chi connectivity index (χ0) is 17.6. The van der Waals surface area contributed by atoms with Gasteiger partial charge in [-0.1, -0.05) is 35.9 Å². The average Bonchev–Trinajstić information content (AvgIpc) is 2.64. The number of piperazine rings is 1. The van der Waals surface area contributed by atoms with Crippen LogP contribution in [0.1, 0.15) is 12.0 Å². The van der Waals surface area contributed by atoms with Gasteiger partial charge in [-0.3, -0.25) is 9.59 Å². The molecule has 1 aliphatic heterocycles. The Kier molecular flexibility index (Phi) is 5.33. The van der Waals surface area contributed by atoms with Gasteiger partial charge in [0, 0.05) is 37.6 Å². The van der Waals surface area contributed by atoms with Crippen LogP contribution in [-0.2, 0) is 9.59 Å². The van der Waals surface area contributed by atoms with E-state index < -0.39 is 0 Å². The lowest BCUT2D eigenvalue weighted by atomic mass is 10.2. The van der Waals surface area contributed by atoms with Crippen molar-refractivity contribution in [1.29, 1.82) is 0 Å². The molecule has 2 aromatic carbocycles. The number of carbonyl (C=O) groups excluding carboxylic acids is 2. The Morgan fingerprint density at radius 3 is 2.20 bits per heavy atom. The maximum atomic E-state index is 12.3. The van der Waals surface area contributed by atoms with Crippen molar-refractivity contribution < 1.29 is 9.59 Å². The fourth-order valence-corrected chi connectivity index (χ4v) is 2.94. The van der Waals surface area contributed by atoms with Gasteiger partial charge >= 0.3 is 0 Å². The molecule has 1 N–H and O–H groups in total. The molecule has 0 spiro atoms. The summed E-state index contributed by atoms with van der Waals surface area (Å²) in [6.07, 6.45) is -0.112. The molecule has 5 heteroatoms. The zero-order valence-electron chi connectivity index (χ0n) is 14.4. The molecule has 1 saturated heterocycles. The van der Waals surface area contributed by atoms with Gasteiger partial charge in [0.2, 0.25) is 11.8 Å². The van der Waals surface area contributed by atoms with Crippen molar-refractivity contribution in [2.45, 2.75) is 13.3 Å². The molecular weight excluding hydrogens is 314 g/mol. The van der Waals surface area contributed by atoms with Gasteiger partial charge < -0.3 is 15.1 Å². The van der Waals surface area contributed by atoms with Gasteiger partial charge in [0.15, 0.2) is 0 Å². The van der Waals surface area contributed by atoms with Crippen molar-refractivity contribution in [3.63, 3.8) is 0 Å². The highest BCUT2D eigenvalue weighted by Gasteiger charge is 2.22. The number of aryl methyl sites for hydroxylation is 1. The molecule has 130 valence electrons. The van der Waals surface area contributed by atoms with Crippen LogP contribution >= 0.6 is 0 Å². The quantitative estimate of drug-likeness (QED) is 0.873. The fraction of sp³-hybridized carbons (Fsp3) is 0.300. The SMILES string of the molecule is Cc1ccc(NC(=O)CC(=O)N2CCN(c3ccccc3)CC2)cc1. The largest absolute Gasteiger partial charge is 0.368 e. The lowest BCUT2D eigenvalue weighted by Gasteiger charge is -2.36. The Hall–Kier alpha value is -2.82. The van der Waals surface area contributed by atoms with Crippen LogP contribution < -0.4 is 10.2 Å². The highest BCUT2D eigenvalue weighted by molar-refractivity contribution is 6.03. The van der Waals surface area contributed by atoms with Crippen molar-refractivity contribution in [3.8, 4) is 0 Å². The van der Waals surface area contributed by atoms with E-state index in [1.165, 1.54) is 5.69 Å². The van der Waals surface area contributed by atoms with Gasteiger partial charge in [-0.25, -0.2) is 0 Å². The summed E-state index contributed by atoms with van der Waals surface area (Å²) in [5, 5.41) is 2.78.